The molecular weight excluding hydrogens is 458 g/mol. The summed E-state index contributed by atoms with van der Waals surface area (Å²) < 4.78 is 6.28. The average Bonchev–Trinajstić information content (AvgIpc) is 3.36. The number of carboxylic acid groups (broad SMARTS) is 1. The van der Waals surface area contributed by atoms with Gasteiger partial charge < -0.3 is 19.7 Å². The fourth-order valence-electron chi connectivity index (χ4n) is 4.86. The highest BCUT2D eigenvalue weighted by Gasteiger charge is 2.52. The van der Waals surface area contributed by atoms with Crippen LogP contribution in [0.1, 0.15) is 42.9 Å². The van der Waals surface area contributed by atoms with E-state index in [4.69, 9.17) is 9.52 Å². The van der Waals surface area contributed by atoms with Crippen LogP contribution in [0.4, 0.5) is 0 Å². The molecule has 1 saturated carbocycles. The maximum Gasteiger partial charge on any atom is 0.420 e. The van der Waals surface area contributed by atoms with Crippen molar-refractivity contribution in [1.29, 1.82) is 0 Å². The van der Waals surface area contributed by atoms with Crippen LogP contribution in [0.25, 0.3) is 11.1 Å². The third kappa shape index (κ3) is 4.60. The quantitative estimate of drug-likeness (QED) is 0.508. The molecule has 0 radical (unpaired) electrons. The average molecular weight is 486 g/mol. The largest absolute Gasteiger partial charge is 0.480 e. The van der Waals surface area contributed by atoms with Crippen LogP contribution in [-0.2, 0) is 21.5 Å². The van der Waals surface area contributed by atoms with Crippen LogP contribution in [0.5, 0.6) is 0 Å². The summed E-state index contributed by atoms with van der Waals surface area (Å²) >= 11 is 0. The first kappa shape index (κ1) is 24.0. The van der Waals surface area contributed by atoms with Crippen molar-refractivity contribution in [3.8, 4) is 0 Å². The van der Waals surface area contributed by atoms with Crippen molar-refractivity contribution in [2.24, 2.45) is 0 Å². The zero-order valence-corrected chi connectivity index (χ0v) is 19.6. The Kier molecular flexibility index (Phi) is 6.81. The van der Waals surface area contributed by atoms with Crippen molar-refractivity contribution < 1.29 is 19.1 Å². The molecule has 1 saturated heterocycles. The number of oxazole rings is 1. The van der Waals surface area contributed by atoms with Gasteiger partial charge in [0.15, 0.2) is 5.58 Å². The number of hydrogen-bond donors (Lipinski definition) is 2. The predicted octanol–water partition coefficient (Wildman–Crippen LogP) is 3.09. The Morgan fingerprint density at radius 2 is 1.79 bits per heavy atom. The smallest absolute Gasteiger partial charge is 0.420 e. The van der Waals surface area contributed by atoms with Crippen molar-refractivity contribution >= 4 is 35.4 Å². The molecule has 5 rings (SSSR count). The number of hydrogen-bond acceptors (Lipinski definition) is 5. The molecule has 8 nitrogen and oxygen atoms in total. The second-order valence-electron chi connectivity index (χ2n) is 9.06. The monoisotopic (exact) mass is 485 g/mol. The minimum atomic E-state index is -1.13. The summed E-state index contributed by atoms with van der Waals surface area (Å²) in [5.74, 6) is -1.88. The second kappa shape index (κ2) is 9.64. The first-order valence-corrected chi connectivity index (χ1v) is 11.4. The van der Waals surface area contributed by atoms with E-state index in [0.29, 0.717) is 23.9 Å². The molecule has 3 aromatic rings. The highest BCUT2D eigenvalue weighted by atomic mass is 35.5. The summed E-state index contributed by atoms with van der Waals surface area (Å²) in [5, 5.41) is 12.4. The van der Waals surface area contributed by atoms with Gasteiger partial charge in [-0.3, -0.25) is 14.2 Å². The lowest BCUT2D eigenvalue weighted by Gasteiger charge is -2.27. The van der Waals surface area contributed by atoms with E-state index in [1.807, 2.05) is 30.3 Å². The minimum Gasteiger partial charge on any atom is -0.480 e. The Morgan fingerprint density at radius 1 is 1.09 bits per heavy atom. The lowest BCUT2D eigenvalue weighted by Crippen LogP contribution is -2.41. The molecule has 2 N–H and O–H groups in total. The van der Waals surface area contributed by atoms with Crippen LogP contribution in [0.15, 0.2) is 57.7 Å². The van der Waals surface area contributed by atoms with Gasteiger partial charge in [-0.05, 0) is 62.0 Å². The van der Waals surface area contributed by atoms with E-state index < -0.39 is 23.7 Å². The Hall–Kier alpha value is -3.10. The molecule has 0 unspecified atom stereocenters. The number of benzene rings is 2. The number of carboxylic acids is 1. The maximum absolute atomic E-state index is 13.6. The van der Waals surface area contributed by atoms with Crippen molar-refractivity contribution in [1.82, 2.24) is 14.8 Å². The SMILES string of the molecule is Cl.O=C(O)Cn1c(=O)oc2ccc(C3(C(=O)N[C@H](CN4CCCC4)c4ccccc4)CC3)cc21. The van der Waals surface area contributed by atoms with E-state index in [2.05, 4.69) is 10.2 Å². The number of aromatic nitrogens is 1. The third-order valence-electron chi connectivity index (χ3n) is 6.84. The van der Waals surface area contributed by atoms with Gasteiger partial charge in [-0.25, -0.2) is 4.79 Å². The number of nitrogens with zero attached hydrogens (tertiary/aromatic N) is 2. The van der Waals surface area contributed by atoms with E-state index in [9.17, 15) is 14.4 Å². The lowest BCUT2D eigenvalue weighted by atomic mass is 9.93. The van der Waals surface area contributed by atoms with Gasteiger partial charge >= 0.3 is 11.7 Å². The second-order valence-corrected chi connectivity index (χ2v) is 9.06. The molecule has 1 atom stereocenters. The minimum absolute atomic E-state index is 0. The predicted molar refractivity (Wildman–Crippen MR) is 129 cm³/mol. The summed E-state index contributed by atoms with van der Waals surface area (Å²) in [6, 6.07) is 15.1. The molecule has 9 heteroatoms. The van der Waals surface area contributed by atoms with E-state index in [0.717, 1.165) is 35.3 Å². The summed E-state index contributed by atoms with van der Waals surface area (Å²) in [5.41, 5.74) is 1.90. The summed E-state index contributed by atoms with van der Waals surface area (Å²) in [6.45, 7) is 2.37. The number of carbonyl (C=O) groups is 2. The van der Waals surface area contributed by atoms with Crippen molar-refractivity contribution in [2.45, 2.75) is 43.7 Å². The Bertz CT molecular complexity index is 1240. The maximum atomic E-state index is 13.6. The van der Waals surface area contributed by atoms with Crippen LogP contribution in [-0.4, -0.2) is 46.1 Å². The molecule has 1 aliphatic heterocycles. The zero-order valence-electron chi connectivity index (χ0n) is 18.7. The molecule has 1 aromatic heterocycles. The molecule has 1 aliphatic carbocycles. The first-order chi connectivity index (χ1) is 16.0. The summed E-state index contributed by atoms with van der Waals surface area (Å²) in [7, 11) is 0. The molecule has 2 aromatic carbocycles. The van der Waals surface area contributed by atoms with Crippen molar-refractivity contribution in [2.75, 3.05) is 19.6 Å². The van der Waals surface area contributed by atoms with Crippen molar-refractivity contribution in [3.63, 3.8) is 0 Å². The summed E-state index contributed by atoms with van der Waals surface area (Å²) in [4.78, 5) is 39.3. The van der Waals surface area contributed by atoms with Crippen LogP contribution < -0.4 is 11.1 Å². The number of carbonyl (C=O) groups excluding carboxylic acids is 1. The fraction of sp³-hybridized carbons (Fsp3) is 0.400. The molecule has 2 heterocycles. The normalized spacial score (nSPS) is 17.8. The van der Waals surface area contributed by atoms with Gasteiger partial charge in [-0.2, -0.15) is 0 Å². The Morgan fingerprint density at radius 3 is 2.44 bits per heavy atom. The van der Waals surface area contributed by atoms with E-state index in [-0.39, 0.29) is 24.4 Å². The number of amides is 1. The molecule has 2 aliphatic rings. The van der Waals surface area contributed by atoms with Crippen LogP contribution >= 0.6 is 12.4 Å². The molecule has 2 fully saturated rings. The van der Waals surface area contributed by atoms with E-state index >= 15 is 0 Å². The number of halogens is 1. The number of fused-ring (bicyclic) bond motifs is 1. The highest BCUT2D eigenvalue weighted by molar-refractivity contribution is 5.92. The number of likely N-dealkylation sites (tertiary alicyclic amines) is 1. The summed E-state index contributed by atoms with van der Waals surface area (Å²) in [6.07, 6.45) is 3.78. The molecular formula is C25H28ClN3O5. The van der Waals surface area contributed by atoms with Gasteiger partial charge in [0.25, 0.3) is 0 Å². The highest BCUT2D eigenvalue weighted by Crippen LogP contribution is 2.49. The van der Waals surface area contributed by atoms with E-state index in [1.54, 1.807) is 18.2 Å². The van der Waals surface area contributed by atoms with Crippen LogP contribution in [0, 0.1) is 0 Å². The van der Waals surface area contributed by atoms with Crippen molar-refractivity contribution in [3.05, 3.63) is 70.2 Å². The molecule has 34 heavy (non-hydrogen) atoms. The fourth-order valence-corrected chi connectivity index (χ4v) is 4.86. The Labute approximate surface area is 203 Å². The van der Waals surface area contributed by atoms with Gasteiger partial charge in [-0.1, -0.05) is 36.4 Å². The van der Waals surface area contributed by atoms with Gasteiger partial charge in [-0.15, -0.1) is 12.4 Å². The molecule has 180 valence electrons. The van der Waals surface area contributed by atoms with Gasteiger partial charge in [0, 0.05) is 6.54 Å². The van der Waals surface area contributed by atoms with Gasteiger partial charge in [0.05, 0.1) is 17.0 Å². The molecule has 0 spiro atoms. The molecule has 0 bridgehead atoms. The molecule has 1 amide bonds. The zero-order chi connectivity index (χ0) is 23.0. The van der Waals surface area contributed by atoms with E-state index in [1.165, 1.54) is 12.8 Å². The van der Waals surface area contributed by atoms with Crippen LogP contribution in [0.3, 0.4) is 0 Å². The standard InChI is InChI=1S/C25H27N3O5.ClH/c29-22(30)16-28-20-14-18(8-9-21(20)33-24(28)32)25(10-11-25)23(31)26-19(15-27-12-4-5-13-27)17-6-2-1-3-7-17;/h1-3,6-9,14,19H,4-5,10-13,15-16H2,(H,26,31)(H,29,30);1H/t19-;/m1./s1. The first-order valence-electron chi connectivity index (χ1n) is 11.4. The number of aliphatic carboxylic acids is 1. The van der Waals surface area contributed by atoms with Crippen LogP contribution in [0.2, 0.25) is 0 Å². The third-order valence-corrected chi connectivity index (χ3v) is 6.84. The van der Waals surface area contributed by atoms with Gasteiger partial charge in [0.1, 0.15) is 6.54 Å². The topological polar surface area (TPSA) is 105 Å². The van der Waals surface area contributed by atoms with Gasteiger partial charge in [0.2, 0.25) is 5.91 Å². The number of nitrogens with one attached hydrogen (secondary N) is 1. The number of rotatable bonds is 8. The Balaban J connectivity index is 0.00000274. The lowest BCUT2D eigenvalue weighted by molar-refractivity contribution is -0.137.